The summed E-state index contributed by atoms with van der Waals surface area (Å²) in [7, 11) is -0.304. The molecule has 2 nitrogen and oxygen atoms in total. The number of benzene rings is 2. The summed E-state index contributed by atoms with van der Waals surface area (Å²) >= 11 is 1.75. The van der Waals surface area contributed by atoms with Gasteiger partial charge in [0.25, 0.3) is 0 Å². The maximum absolute atomic E-state index is 6.12. The van der Waals surface area contributed by atoms with Gasteiger partial charge < -0.3 is 9.31 Å². The average molecular weight is 312 g/mol. The Labute approximate surface area is 137 Å². The molecule has 2 aromatic carbocycles. The first-order valence-electron chi connectivity index (χ1n) is 7.56. The van der Waals surface area contributed by atoms with Gasteiger partial charge in [0.1, 0.15) is 0 Å². The maximum atomic E-state index is 6.12. The van der Waals surface area contributed by atoms with E-state index in [0.717, 1.165) is 5.46 Å². The highest BCUT2D eigenvalue weighted by Gasteiger charge is 2.51. The molecule has 22 heavy (non-hydrogen) atoms. The second kappa shape index (κ2) is 5.76. The summed E-state index contributed by atoms with van der Waals surface area (Å²) in [5, 5.41) is 0. The van der Waals surface area contributed by atoms with Crippen LogP contribution in [0.4, 0.5) is 0 Å². The molecule has 3 rings (SSSR count). The van der Waals surface area contributed by atoms with Crippen molar-refractivity contribution in [2.75, 3.05) is 0 Å². The van der Waals surface area contributed by atoms with Crippen LogP contribution in [0.3, 0.4) is 0 Å². The second-order valence-electron chi connectivity index (χ2n) is 6.58. The highest BCUT2D eigenvalue weighted by atomic mass is 32.2. The Bertz CT molecular complexity index is 639. The molecule has 0 bridgehead atoms. The van der Waals surface area contributed by atoms with Gasteiger partial charge in [-0.3, -0.25) is 0 Å². The third kappa shape index (κ3) is 3.10. The van der Waals surface area contributed by atoms with E-state index in [4.69, 9.17) is 9.31 Å². The fourth-order valence-electron chi connectivity index (χ4n) is 2.33. The molecule has 1 fully saturated rings. The van der Waals surface area contributed by atoms with E-state index in [9.17, 15) is 0 Å². The van der Waals surface area contributed by atoms with Crippen LogP contribution < -0.4 is 5.46 Å². The maximum Gasteiger partial charge on any atom is 0.494 e. The lowest BCUT2D eigenvalue weighted by Crippen LogP contribution is -2.41. The second-order valence-corrected chi connectivity index (χ2v) is 7.72. The first-order valence-corrected chi connectivity index (χ1v) is 8.38. The standard InChI is InChI=1S/C18H21BO2S/c1-17(2)18(3,4)21-19(20-17)14-9-8-12-16(13-14)22-15-10-6-5-7-11-15/h5-13H,1-4H3. The topological polar surface area (TPSA) is 18.5 Å². The molecule has 0 aromatic heterocycles. The highest BCUT2D eigenvalue weighted by Crippen LogP contribution is 2.36. The van der Waals surface area contributed by atoms with E-state index in [2.05, 4.69) is 76.2 Å². The van der Waals surface area contributed by atoms with E-state index >= 15 is 0 Å². The third-order valence-electron chi connectivity index (χ3n) is 4.36. The lowest BCUT2D eigenvalue weighted by atomic mass is 9.79. The van der Waals surface area contributed by atoms with Crippen LogP contribution in [0.25, 0.3) is 0 Å². The molecule has 0 saturated carbocycles. The molecule has 0 unspecified atom stereocenters. The zero-order valence-electron chi connectivity index (χ0n) is 13.5. The minimum absolute atomic E-state index is 0.304. The molecule has 1 aliphatic heterocycles. The Morgan fingerprint density at radius 2 is 1.36 bits per heavy atom. The summed E-state index contributed by atoms with van der Waals surface area (Å²) in [6.45, 7) is 8.32. The Hall–Kier alpha value is -1.23. The predicted molar refractivity (Wildman–Crippen MR) is 92.7 cm³/mol. The van der Waals surface area contributed by atoms with E-state index in [1.54, 1.807) is 11.8 Å². The SMILES string of the molecule is CC1(C)OB(c2cccc(Sc3ccccc3)c2)OC1(C)C. The monoisotopic (exact) mass is 312 g/mol. The van der Waals surface area contributed by atoms with Crippen molar-refractivity contribution < 1.29 is 9.31 Å². The van der Waals surface area contributed by atoms with Crippen LogP contribution in [0.1, 0.15) is 27.7 Å². The van der Waals surface area contributed by atoms with Crippen molar-refractivity contribution in [3.8, 4) is 0 Å². The molecule has 114 valence electrons. The van der Waals surface area contributed by atoms with Crippen LogP contribution in [0.2, 0.25) is 0 Å². The molecule has 2 aromatic rings. The summed E-state index contributed by atoms with van der Waals surface area (Å²) in [5.74, 6) is 0. The molecule has 0 aliphatic carbocycles. The van der Waals surface area contributed by atoms with Crippen LogP contribution in [0.15, 0.2) is 64.4 Å². The molecule has 0 atom stereocenters. The molecule has 1 aliphatic rings. The lowest BCUT2D eigenvalue weighted by Gasteiger charge is -2.32. The average Bonchev–Trinajstić information content (AvgIpc) is 2.69. The summed E-state index contributed by atoms with van der Waals surface area (Å²) in [6.07, 6.45) is 0. The van der Waals surface area contributed by atoms with Gasteiger partial charge in [-0.25, -0.2) is 0 Å². The van der Waals surface area contributed by atoms with Crippen molar-refractivity contribution in [3.63, 3.8) is 0 Å². The van der Waals surface area contributed by atoms with Crippen molar-refractivity contribution in [2.24, 2.45) is 0 Å². The minimum Gasteiger partial charge on any atom is -0.399 e. The summed E-state index contributed by atoms with van der Waals surface area (Å²) in [5.41, 5.74) is 0.458. The van der Waals surface area contributed by atoms with Gasteiger partial charge in [0.05, 0.1) is 11.2 Å². The van der Waals surface area contributed by atoms with Gasteiger partial charge >= 0.3 is 7.12 Å². The van der Waals surface area contributed by atoms with Crippen molar-refractivity contribution in [3.05, 3.63) is 54.6 Å². The summed E-state index contributed by atoms with van der Waals surface area (Å²) in [4.78, 5) is 2.42. The van der Waals surface area contributed by atoms with Gasteiger partial charge in [0, 0.05) is 9.79 Å². The first-order chi connectivity index (χ1) is 10.4. The van der Waals surface area contributed by atoms with Gasteiger partial charge in [0.15, 0.2) is 0 Å². The van der Waals surface area contributed by atoms with Crippen LogP contribution in [-0.4, -0.2) is 18.3 Å². The van der Waals surface area contributed by atoms with Gasteiger partial charge in [-0.2, -0.15) is 0 Å². The van der Waals surface area contributed by atoms with E-state index in [1.807, 2.05) is 6.07 Å². The number of hydrogen-bond acceptors (Lipinski definition) is 3. The smallest absolute Gasteiger partial charge is 0.399 e. The van der Waals surface area contributed by atoms with E-state index in [-0.39, 0.29) is 18.3 Å². The first kappa shape index (κ1) is 15.7. The van der Waals surface area contributed by atoms with Gasteiger partial charge in [-0.05, 0) is 57.4 Å². The lowest BCUT2D eigenvalue weighted by molar-refractivity contribution is 0.00578. The molecule has 1 saturated heterocycles. The van der Waals surface area contributed by atoms with E-state index < -0.39 is 0 Å². The van der Waals surface area contributed by atoms with Crippen LogP contribution in [0.5, 0.6) is 0 Å². The molecule has 0 amide bonds. The zero-order valence-corrected chi connectivity index (χ0v) is 14.3. The molecular weight excluding hydrogens is 291 g/mol. The summed E-state index contributed by atoms with van der Waals surface area (Å²) < 4.78 is 12.2. The predicted octanol–water partition coefficient (Wildman–Crippen LogP) is 4.14. The summed E-state index contributed by atoms with van der Waals surface area (Å²) in [6, 6.07) is 18.8. The zero-order chi connectivity index (χ0) is 15.8. The molecule has 0 N–H and O–H groups in total. The van der Waals surface area contributed by atoms with Crippen molar-refractivity contribution in [1.82, 2.24) is 0 Å². The van der Waals surface area contributed by atoms with Crippen LogP contribution in [0, 0.1) is 0 Å². The Morgan fingerprint density at radius 3 is 2.00 bits per heavy atom. The van der Waals surface area contributed by atoms with E-state index in [1.165, 1.54) is 9.79 Å². The van der Waals surface area contributed by atoms with Crippen molar-refractivity contribution in [1.29, 1.82) is 0 Å². The van der Waals surface area contributed by atoms with Crippen LogP contribution in [-0.2, 0) is 9.31 Å². The normalized spacial score (nSPS) is 19.4. The van der Waals surface area contributed by atoms with Gasteiger partial charge in [0.2, 0.25) is 0 Å². The molecule has 4 heteroatoms. The Kier molecular flexibility index (Phi) is 4.10. The molecule has 0 radical (unpaired) electrons. The molecule has 0 spiro atoms. The van der Waals surface area contributed by atoms with Crippen molar-refractivity contribution in [2.45, 2.75) is 48.7 Å². The fourth-order valence-corrected chi connectivity index (χ4v) is 3.24. The molecular formula is C18H21BO2S. The van der Waals surface area contributed by atoms with Gasteiger partial charge in [-0.15, -0.1) is 0 Å². The molecule has 1 heterocycles. The van der Waals surface area contributed by atoms with E-state index in [0.29, 0.717) is 0 Å². The van der Waals surface area contributed by atoms with Gasteiger partial charge in [-0.1, -0.05) is 42.1 Å². The minimum atomic E-state index is -0.305. The number of rotatable bonds is 3. The third-order valence-corrected chi connectivity index (χ3v) is 5.36. The quantitative estimate of drug-likeness (QED) is 0.794. The number of hydrogen-bond donors (Lipinski definition) is 0. The largest absolute Gasteiger partial charge is 0.494 e. The van der Waals surface area contributed by atoms with Crippen LogP contribution >= 0.6 is 11.8 Å². The Morgan fingerprint density at radius 1 is 0.773 bits per heavy atom. The fraction of sp³-hybridized carbons (Fsp3) is 0.333. The Balaban J connectivity index is 1.81. The van der Waals surface area contributed by atoms with Crippen molar-refractivity contribution >= 4 is 24.3 Å². The highest BCUT2D eigenvalue weighted by molar-refractivity contribution is 7.99.